The van der Waals surface area contributed by atoms with Gasteiger partial charge in [-0.3, -0.25) is 4.98 Å². The van der Waals surface area contributed by atoms with Gasteiger partial charge < -0.3 is 0 Å². The van der Waals surface area contributed by atoms with Crippen LogP contribution in [0.15, 0.2) is 24.4 Å². The van der Waals surface area contributed by atoms with Crippen LogP contribution in [0, 0.1) is 12.7 Å². The van der Waals surface area contributed by atoms with Crippen LogP contribution in [0.1, 0.15) is 17.8 Å². The number of hydrogen-bond acceptors (Lipinski definition) is 2. The fraction of sp³-hybridized carbons (Fsp3) is 0.167. The van der Waals surface area contributed by atoms with Crippen molar-refractivity contribution in [1.82, 2.24) is 9.97 Å². The standard InChI is InChI=1S/C12H8ClF3N2/c1-6-11(12(15)16)18-10(5-17-6)8-3-2-7(14)4-9(8)13/h2-5,12H,1H3. The molecule has 0 saturated carbocycles. The summed E-state index contributed by atoms with van der Waals surface area (Å²) >= 11 is 5.84. The second kappa shape index (κ2) is 4.94. The maximum absolute atomic E-state index is 12.9. The Labute approximate surface area is 106 Å². The molecule has 0 atom stereocenters. The zero-order valence-corrected chi connectivity index (χ0v) is 10.0. The van der Waals surface area contributed by atoms with Crippen LogP contribution in [-0.4, -0.2) is 9.97 Å². The number of rotatable bonds is 2. The lowest BCUT2D eigenvalue weighted by molar-refractivity contribution is 0.144. The van der Waals surface area contributed by atoms with Gasteiger partial charge >= 0.3 is 0 Å². The smallest absolute Gasteiger partial charge is 0.257 e. The van der Waals surface area contributed by atoms with E-state index in [1.807, 2.05) is 0 Å². The molecule has 0 aliphatic rings. The molecular formula is C12H8ClF3N2. The third-order valence-electron chi connectivity index (χ3n) is 2.41. The van der Waals surface area contributed by atoms with Crippen molar-refractivity contribution in [2.45, 2.75) is 13.3 Å². The van der Waals surface area contributed by atoms with Gasteiger partial charge in [0.05, 0.1) is 22.6 Å². The molecule has 1 heterocycles. The number of hydrogen-bond donors (Lipinski definition) is 0. The van der Waals surface area contributed by atoms with Crippen LogP contribution in [0.3, 0.4) is 0 Å². The van der Waals surface area contributed by atoms with E-state index in [0.717, 1.165) is 6.07 Å². The Morgan fingerprint density at radius 3 is 2.61 bits per heavy atom. The summed E-state index contributed by atoms with van der Waals surface area (Å²) in [6.07, 6.45) is -1.38. The highest BCUT2D eigenvalue weighted by Gasteiger charge is 2.16. The van der Waals surface area contributed by atoms with Crippen molar-refractivity contribution in [1.29, 1.82) is 0 Å². The molecule has 0 aliphatic carbocycles. The fourth-order valence-electron chi connectivity index (χ4n) is 1.50. The van der Waals surface area contributed by atoms with Gasteiger partial charge in [-0.15, -0.1) is 0 Å². The highest BCUT2D eigenvalue weighted by Crippen LogP contribution is 2.29. The van der Waals surface area contributed by atoms with Gasteiger partial charge in [0.2, 0.25) is 0 Å². The second-order valence-electron chi connectivity index (χ2n) is 3.65. The number of nitrogens with zero attached hydrogens (tertiary/aromatic N) is 2. The van der Waals surface area contributed by atoms with E-state index in [4.69, 9.17) is 11.6 Å². The predicted octanol–water partition coefficient (Wildman–Crippen LogP) is 4.18. The van der Waals surface area contributed by atoms with Gasteiger partial charge in [-0.25, -0.2) is 18.2 Å². The van der Waals surface area contributed by atoms with Gasteiger partial charge in [0.25, 0.3) is 6.43 Å². The normalized spacial score (nSPS) is 11.0. The Morgan fingerprint density at radius 1 is 1.28 bits per heavy atom. The highest BCUT2D eigenvalue weighted by atomic mass is 35.5. The lowest BCUT2D eigenvalue weighted by atomic mass is 10.1. The first-order valence-corrected chi connectivity index (χ1v) is 5.44. The molecule has 0 radical (unpaired) electrons. The maximum atomic E-state index is 12.9. The van der Waals surface area contributed by atoms with E-state index in [0.29, 0.717) is 5.56 Å². The Morgan fingerprint density at radius 2 is 2.00 bits per heavy atom. The first-order valence-electron chi connectivity index (χ1n) is 5.06. The van der Waals surface area contributed by atoms with E-state index in [2.05, 4.69) is 9.97 Å². The maximum Gasteiger partial charge on any atom is 0.282 e. The summed E-state index contributed by atoms with van der Waals surface area (Å²) in [5, 5.41) is 0.105. The van der Waals surface area contributed by atoms with Gasteiger partial charge in [-0.2, -0.15) is 0 Å². The van der Waals surface area contributed by atoms with Gasteiger partial charge in [-0.05, 0) is 25.1 Å². The molecule has 94 valence electrons. The molecule has 1 aromatic carbocycles. The summed E-state index contributed by atoms with van der Waals surface area (Å²) < 4.78 is 38.3. The van der Waals surface area contributed by atoms with Gasteiger partial charge in [0, 0.05) is 5.56 Å². The summed E-state index contributed by atoms with van der Waals surface area (Å²) in [5.41, 5.74) is 0.327. The topological polar surface area (TPSA) is 25.8 Å². The van der Waals surface area contributed by atoms with E-state index < -0.39 is 17.9 Å². The second-order valence-corrected chi connectivity index (χ2v) is 4.06. The van der Waals surface area contributed by atoms with Gasteiger partial charge in [0.15, 0.2) is 0 Å². The van der Waals surface area contributed by atoms with E-state index in [9.17, 15) is 13.2 Å². The third kappa shape index (κ3) is 2.46. The van der Waals surface area contributed by atoms with Crippen LogP contribution in [0.5, 0.6) is 0 Å². The van der Waals surface area contributed by atoms with Crippen LogP contribution in [0.4, 0.5) is 13.2 Å². The van der Waals surface area contributed by atoms with Gasteiger partial charge in [-0.1, -0.05) is 11.6 Å². The molecule has 0 bridgehead atoms. The van der Waals surface area contributed by atoms with Crippen LogP contribution in [0.25, 0.3) is 11.3 Å². The van der Waals surface area contributed by atoms with Crippen LogP contribution in [0.2, 0.25) is 5.02 Å². The molecule has 0 saturated heterocycles. The molecule has 0 N–H and O–H groups in total. The van der Waals surface area contributed by atoms with E-state index >= 15 is 0 Å². The molecule has 0 fully saturated rings. The van der Waals surface area contributed by atoms with Crippen molar-refractivity contribution in [3.63, 3.8) is 0 Å². The number of halogens is 4. The van der Waals surface area contributed by atoms with Crippen molar-refractivity contribution in [2.24, 2.45) is 0 Å². The highest BCUT2D eigenvalue weighted by molar-refractivity contribution is 6.33. The summed E-state index contributed by atoms with van der Waals surface area (Å²) in [6, 6.07) is 3.66. The van der Waals surface area contributed by atoms with Crippen molar-refractivity contribution in [3.05, 3.63) is 46.6 Å². The molecular weight excluding hydrogens is 265 g/mol. The summed E-state index contributed by atoms with van der Waals surface area (Å²) in [6.45, 7) is 1.45. The largest absolute Gasteiger partial charge is 0.282 e. The third-order valence-corrected chi connectivity index (χ3v) is 2.72. The van der Waals surface area contributed by atoms with E-state index in [1.54, 1.807) is 0 Å². The Hall–Kier alpha value is -1.62. The summed E-state index contributed by atoms with van der Waals surface area (Å²) in [5.74, 6) is -0.502. The predicted molar refractivity (Wildman–Crippen MR) is 62.1 cm³/mol. The zero-order valence-electron chi connectivity index (χ0n) is 9.29. The molecule has 0 aliphatic heterocycles. The fourth-order valence-corrected chi connectivity index (χ4v) is 1.76. The summed E-state index contributed by atoms with van der Waals surface area (Å²) in [4.78, 5) is 7.66. The first-order chi connectivity index (χ1) is 8.49. The Balaban J connectivity index is 2.54. The molecule has 0 amide bonds. The number of alkyl halides is 2. The van der Waals surface area contributed by atoms with Crippen molar-refractivity contribution >= 4 is 11.6 Å². The Kier molecular flexibility index (Phi) is 3.52. The van der Waals surface area contributed by atoms with Crippen molar-refractivity contribution in [2.75, 3.05) is 0 Å². The van der Waals surface area contributed by atoms with Crippen molar-refractivity contribution in [3.8, 4) is 11.3 Å². The molecule has 6 heteroatoms. The number of aromatic nitrogens is 2. The number of aryl methyl sites for hydroxylation is 1. The molecule has 2 rings (SSSR count). The molecule has 2 nitrogen and oxygen atoms in total. The lowest BCUT2D eigenvalue weighted by Crippen LogP contribution is -1.99. The van der Waals surface area contributed by atoms with Crippen LogP contribution < -0.4 is 0 Å². The van der Waals surface area contributed by atoms with Gasteiger partial charge in [0.1, 0.15) is 11.5 Å². The first kappa shape index (κ1) is 12.8. The lowest BCUT2D eigenvalue weighted by Gasteiger charge is -2.07. The zero-order chi connectivity index (χ0) is 13.3. The average Bonchev–Trinajstić information content (AvgIpc) is 2.30. The minimum Gasteiger partial charge on any atom is -0.257 e. The number of benzene rings is 1. The molecule has 1 aromatic heterocycles. The molecule has 2 aromatic rings. The average molecular weight is 273 g/mol. The SMILES string of the molecule is Cc1ncc(-c2ccc(F)cc2Cl)nc1C(F)F. The monoisotopic (exact) mass is 272 g/mol. The summed E-state index contributed by atoms with van der Waals surface area (Å²) in [7, 11) is 0. The minimum atomic E-state index is -2.71. The van der Waals surface area contributed by atoms with E-state index in [-0.39, 0.29) is 16.4 Å². The molecule has 18 heavy (non-hydrogen) atoms. The molecule has 0 spiro atoms. The molecule has 0 unspecified atom stereocenters. The van der Waals surface area contributed by atoms with Crippen molar-refractivity contribution < 1.29 is 13.2 Å². The minimum absolute atomic E-state index is 0.105. The Bertz CT molecular complexity index is 588. The quantitative estimate of drug-likeness (QED) is 0.819. The van der Waals surface area contributed by atoms with Crippen LogP contribution in [-0.2, 0) is 0 Å². The van der Waals surface area contributed by atoms with Crippen LogP contribution >= 0.6 is 11.6 Å². The van der Waals surface area contributed by atoms with E-state index in [1.165, 1.54) is 25.3 Å².